The number of carbonyl (C=O) groups is 1. The molecule has 0 aliphatic carbocycles. The lowest BCUT2D eigenvalue weighted by molar-refractivity contribution is -0.119. The van der Waals surface area contributed by atoms with Gasteiger partial charge in [-0.15, -0.1) is 0 Å². The maximum Gasteiger partial charge on any atom is 0.220 e. The highest BCUT2D eigenvalue weighted by atomic mass is 35.5. The Morgan fingerprint density at radius 2 is 2.47 bits per heavy atom. The maximum absolute atomic E-state index is 10.9. The molecule has 1 amide bonds. The van der Waals surface area contributed by atoms with Crippen LogP contribution in [0.2, 0.25) is 5.22 Å². The number of nitrogens with one attached hydrogen (secondary N) is 2. The normalized spacial score (nSPS) is 20.6. The van der Waals surface area contributed by atoms with E-state index >= 15 is 0 Å². The van der Waals surface area contributed by atoms with E-state index in [4.69, 9.17) is 16.0 Å². The molecule has 1 fully saturated rings. The SMILES string of the molecule is O=C1CCC(CNCc2ccc(Cl)o2)N1. The Kier molecular flexibility index (Phi) is 3.28. The van der Waals surface area contributed by atoms with Crippen molar-refractivity contribution in [2.45, 2.75) is 25.4 Å². The quantitative estimate of drug-likeness (QED) is 0.817. The van der Waals surface area contributed by atoms with Crippen molar-refractivity contribution in [3.8, 4) is 0 Å². The fraction of sp³-hybridized carbons (Fsp3) is 0.500. The van der Waals surface area contributed by atoms with Gasteiger partial charge in [-0.3, -0.25) is 4.79 Å². The minimum Gasteiger partial charge on any atom is -0.448 e. The lowest BCUT2D eigenvalue weighted by atomic mass is 10.2. The third-order valence-corrected chi connectivity index (χ3v) is 2.61. The van der Waals surface area contributed by atoms with Crippen molar-refractivity contribution in [2.24, 2.45) is 0 Å². The van der Waals surface area contributed by atoms with Gasteiger partial charge in [0.2, 0.25) is 5.91 Å². The topological polar surface area (TPSA) is 54.3 Å². The van der Waals surface area contributed by atoms with Crippen LogP contribution < -0.4 is 10.6 Å². The molecule has 1 aliphatic heterocycles. The van der Waals surface area contributed by atoms with Gasteiger partial charge in [-0.25, -0.2) is 0 Å². The zero-order chi connectivity index (χ0) is 10.7. The van der Waals surface area contributed by atoms with Crippen molar-refractivity contribution in [1.29, 1.82) is 0 Å². The molecular weight excluding hydrogens is 216 g/mol. The first-order valence-corrected chi connectivity index (χ1v) is 5.36. The smallest absolute Gasteiger partial charge is 0.220 e. The number of furan rings is 1. The number of halogens is 1. The van der Waals surface area contributed by atoms with Crippen LogP contribution in [0.1, 0.15) is 18.6 Å². The van der Waals surface area contributed by atoms with E-state index in [0.29, 0.717) is 18.2 Å². The first-order chi connectivity index (χ1) is 7.24. The van der Waals surface area contributed by atoms with Crippen molar-refractivity contribution in [3.63, 3.8) is 0 Å². The number of hydrogen-bond donors (Lipinski definition) is 2. The molecule has 2 heterocycles. The number of carbonyl (C=O) groups excluding carboxylic acids is 1. The Morgan fingerprint density at radius 3 is 3.07 bits per heavy atom. The third-order valence-electron chi connectivity index (χ3n) is 2.40. The van der Waals surface area contributed by atoms with E-state index in [9.17, 15) is 4.79 Å². The Labute approximate surface area is 93.0 Å². The first-order valence-electron chi connectivity index (χ1n) is 4.98. The van der Waals surface area contributed by atoms with Gasteiger partial charge < -0.3 is 15.1 Å². The summed E-state index contributed by atoms with van der Waals surface area (Å²) in [5.41, 5.74) is 0. The molecule has 1 aromatic rings. The molecule has 2 N–H and O–H groups in total. The van der Waals surface area contributed by atoms with E-state index in [-0.39, 0.29) is 11.9 Å². The van der Waals surface area contributed by atoms with Crippen molar-refractivity contribution < 1.29 is 9.21 Å². The summed E-state index contributed by atoms with van der Waals surface area (Å²) in [7, 11) is 0. The molecule has 1 aliphatic rings. The van der Waals surface area contributed by atoms with Crippen molar-refractivity contribution in [3.05, 3.63) is 23.1 Å². The standard InChI is InChI=1S/C10H13ClN2O2/c11-9-3-2-8(15-9)6-12-5-7-1-4-10(14)13-7/h2-3,7,12H,1,4-6H2,(H,13,14). The molecule has 1 unspecified atom stereocenters. The van der Waals surface area contributed by atoms with E-state index in [1.54, 1.807) is 6.07 Å². The van der Waals surface area contributed by atoms with E-state index in [1.165, 1.54) is 0 Å². The molecule has 0 spiro atoms. The monoisotopic (exact) mass is 228 g/mol. The van der Waals surface area contributed by atoms with Crippen LogP contribution in [0.4, 0.5) is 0 Å². The molecule has 0 aromatic carbocycles. The Bertz CT molecular complexity index is 351. The first kappa shape index (κ1) is 10.5. The van der Waals surface area contributed by atoms with Gasteiger partial charge in [-0.2, -0.15) is 0 Å². The molecular formula is C10H13ClN2O2. The van der Waals surface area contributed by atoms with Gasteiger partial charge in [0.05, 0.1) is 6.54 Å². The van der Waals surface area contributed by atoms with Crippen molar-refractivity contribution >= 4 is 17.5 Å². The van der Waals surface area contributed by atoms with Gasteiger partial charge in [0, 0.05) is 19.0 Å². The van der Waals surface area contributed by atoms with Crippen LogP contribution in [0.15, 0.2) is 16.5 Å². The van der Waals surface area contributed by atoms with Gasteiger partial charge in [-0.1, -0.05) is 0 Å². The average molecular weight is 229 g/mol. The largest absolute Gasteiger partial charge is 0.448 e. The van der Waals surface area contributed by atoms with Crippen LogP contribution in [-0.4, -0.2) is 18.5 Å². The molecule has 1 atom stereocenters. The molecule has 0 radical (unpaired) electrons. The molecule has 5 heteroatoms. The summed E-state index contributed by atoms with van der Waals surface area (Å²) in [6.07, 6.45) is 1.55. The fourth-order valence-electron chi connectivity index (χ4n) is 1.65. The highest BCUT2D eigenvalue weighted by molar-refractivity contribution is 6.28. The fourth-order valence-corrected chi connectivity index (χ4v) is 1.81. The predicted octanol–water partition coefficient (Wildman–Crippen LogP) is 1.30. The summed E-state index contributed by atoms with van der Waals surface area (Å²) in [5, 5.41) is 6.50. The predicted molar refractivity (Wildman–Crippen MR) is 56.6 cm³/mol. The van der Waals surface area contributed by atoms with Crippen LogP contribution in [-0.2, 0) is 11.3 Å². The molecule has 0 bridgehead atoms. The lowest BCUT2D eigenvalue weighted by Gasteiger charge is -2.09. The molecule has 82 valence electrons. The van der Waals surface area contributed by atoms with E-state index < -0.39 is 0 Å². The van der Waals surface area contributed by atoms with Crippen LogP contribution in [0.5, 0.6) is 0 Å². The average Bonchev–Trinajstić information content (AvgIpc) is 2.76. The maximum atomic E-state index is 10.9. The second kappa shape index (κ2) is 4.68. The third kappa shape index (κ3) is 2.97. The Morgan fingerprint density at radius 1 is 1.60 bits per heavy atom. The second-order valence-electron chi connectivity index (χ2n) is 3.64. The molecule has 15 heavy (non-hydrogen) atoms. The zero-order valence-corrected chi connectivity index (χ0v) is 9.01. The van der Waals surface area contributed by atoms with Crippen LogP contribution in [0.25, 0.3) is 0 Å². The van der Waals surface area contributed by atoms with Crippen LogP contribution in [0.3, 0.4) is 0 Å². The van der Waals surface area contributed by atoms with Gasteiger partial charge >= 0.3 is 0 Å². The van der Waals surface area contributed by atoms with Crippen LogP contribution in [0, 0.1) is 0 Å². The minimum atomic E-state index is 0.142. The van der Waals surface area contributed by atoms with Crippen molar-refractivity contribution in [2.75, 3.05) is 6.54 Å². The van der Waals surface area contributed by atoms with E-state index in [0.717, 1.165) is 18.7 Å². The Hall–Kier alpha value is -1.00. The van der Waals surface area contributed by atoms with E-state index in [2.05, 4.69) is 10.6 Å². The van der Waals surface area contributed by atoms with Gasteiger partial charge in [0.25, 0.3) is 0 Å². The number of amides is 1. The summed E-state index contributed by atoms with van der Waals surface area (Å²) < 4.78 is 5.18. The van der Waals surface area contributed by atoms with E-state index in [1.807, 2.05) is 6.07 Å². The van der Waals surface area contributed by atoms with Gasteiger partial charge in [0.15, 0.2) is 5.22 Å². The number of hydrogen-bond acceptors (Lipinski definition) is 3. The summed E-state index contributed by atoms with van der Waals surface area (Å²) in [5.74, 6) is 0.951. The number of rotatable bonds is 4. The van der Waals surface area contributed by atoms with Gasteiger partial charge in [-0.05, 0) is 30.2 Å². The summed E-state index contributed by atoms with van der Waals surface area (Å²) in [6.45, 7) is 1.41. The highest BCUT2D eigenvalue weighted by Crippen LogP contribution is 2.12. The molecule has 1 aromatic heterocycles. The Balaban J connectivity index is 1.69. The van der Waals surface area contributed by atoms with Crippen LogP contribution >= 0.6 is 11.6 Å². The summed E-state index contributed by atoms with van der Waals surface area (Å²) in [6, 6.07) is 3.81. The highest BCUT2D eigenvalue weighted by Gasteiger charge is 2.19. The molecule has 4 nitrogen and oxygen atoms in total. The molecule has 0 saturated carbocycles. The lowest BCUT2D eigenvalue weighted by Crippen LogP contribution is -2.35. The second-order valence-corrected chi connectivity index (χ2v) is 4.01. The van der Waals surface area contributed by atoms with Crippen molar-refractivity contribution in [1.82, 2.24) is 10.6 Å². The van der Waals surface area contributed by atoms with Gasteiger partial charge in [0.1, 0.15) is 5.76 Å². The molecule has 2 rings (SSSR count). The summed E-state index contributed by atoms with van der Waals surface area (Å²) in [4.78, 5) is 10.9. The minimum absolute atomic E-state index is 0.142. The summed E-state index contributed by atoms with van der Waals surface area (Å²) >= 11 is 5.63. The molecule has 1 saturated heterocycles. The zero-order valence-electron chi connectivity index (χ0n) is 8.25.